The van der Waals surface area contributed by atoms with Crippen LogP contribution in [0.2, 0.25) is 0 Å². The fraction of sp³-hybridized carbons (Fsp3) is 0.312. The number of hydrogen-bond donors (Lipinski definition) is 1. The first kappa shape index (κ1) is 16.2. The van der Waals surface area contributed by atoms with Gasteiger partial charge in [-0.15, -0.1) is 0 Å². The zero-order chi connectivity index (χ0) is 15.9. The maximum atomic E-state index is 5.39. The minimum atomic E-state index is 0.403. The van der Waals surface area contributed by atoms with Crippen molar-refractivity contribution in [2.45, 2.75) is 20.4 Å². The minimum Gasteiger partial charge on any atom is -0.497 e. The number of anilines is 1. The van der Waals surface area contributed by atoms with E-state index in [1.165, 1.54) is 0 Å². The molecule has 0 radical (unpaired) electrons. The van der Waals surface area contributed by atoms with Gasteiger partial charge in [-0.2, -0.15) is 0 Å². The molecule has 1 aromatic carbocycles. The predicted octanol–water partition coefficient (Wildman–Crippen LogP) is 3.12. The van der Waals surface area contributed by atoms with Gasteiger partial charge in [0.15, 0.2) is 5.05 Å². The summed E-state index contributed by atoms with van der Waals surface area (Å²) in [6.45, 7) is 4.88. The van der Waals surface area contributed by atoms with E-state index in [1.807, 2.05) is 38.1 Å². The molecule has 0 amide bonds. The van der Waals surface area contributed by atoms with Gasteiger partial charge >= 0.3 is 0 Å². The lowest BCUT2D eigenvalue weighted by Gasteiger charge is -2.12. The highest BCUT2D eigenvalue weighted by Crippen LogP contribution is 2.17. The number of rotatable bonds is 6. The van der Waals surface area contributed by atoms with E-state index >= 15 is 0 Å². The van der Waals surface area contributed by atoms with Gasteiger partial charge in [0, 0.05) is 12.7 Å². The summed E-state index contributed by atoms with van der Waals surface area (Å²) in [5.41, 5.74) is 1.82. The van der Waals surface area contributed by atoms with Crippen LogP contribution in [0, 0.1) is 6.92 Å². The Morgan fingerprint density at radius 2 is 2.00 bits per heavy atom. The third-order valence-corrected chi connectivity index (χ3v) is 3.36. The van der Waals surface area contributed by atoms with Crippen molar-refractivity contribution >= 4 is 23.1 Å². The topological polar surface area (TPSA) is 56.3 Å². The SMILES string of the molecule is CCOC(=S)c1cnc(C)nc1NCc1ccc(OC)cc1. The summed E-state index contributed by atoms with van der Waals surface area (Å²) in [5.74, 6) is 2.20. The third kappa shape index (κ3) is 4.14. The van der Waals surface area contributed by atoms with Crippen LogP contribution in [0.3, 0.4) is 0 Å². The van der Waals surface area contributed by atoms with Crippen LogP contribution in [0.25, 0.3) is 0 Å². The Balaban J connectivity index is 2.13. The van der Waals surface area contributed by atoms with Gasteiger partial charge in [-0.25, -0.2) is 9.97 Å². The van der Waals surface area contributed by atoms with Crippen LogP contribution in [-0.4, -0.2) is 28.7 Å². The summed E-state index contributed by atoms with van der Waals surface area (Å²) >= 11 is 5.26. The summed E-state index contributed by atoms with van der Waals surface area (Å²) in [5, 5.41) is 3.69. The van der Waals surface area contributed by atoms with Crippen molar-refractivity contribution in [3.8, 4) is 5.75 Å². The second kappa shape index (κ2) is 7.70. The average Bonchev–Trinajstić information content (AvgIpc) is 2.53. The molecule has 0 spiro atoms. The van der Waals surface area contributed by atoms with E-state index in [2.05, 4.69) is 15.3 Å². The van der Waals surface area contributed by atoms with Crippen molar-refractivity contribution < 1.29 is 9.47 Å². The number of nitrogens with zero attached hydrogens (tertiary/aromatic N) is 2. The second-order valence-corrected chi connectivity index (χ2v) is 4.97. The van der Waals surface area contributed by atoms with Gasteiger partial charge in [0.2, 0.25) is 0 Å². The first-order valence-corrected chi connectivity index (χ1v) is 7.42. The Labute approximate surface area is 135 Å². The molecule has 0 bridgehead atoms. The Kier molecular flexibility index (Phi) is 5.66. The molecule has 0 aliphatic heterocycles. The first-order chi connectivity index (χ1) is 10.6. The summed E-state index contributed by atoms with van der Waals surface area (Å²) in [7, 11) is 1.65. The number of aromatic nitrogens is 2. The molecule has 0 saturated heterocycles. The highest BCUT2D eigenvalue weighted by Gasteiger charge is 2.11. The smallest absolute Gasteiger partial charge is 0.196 e. The lowest BCUT2D eigenvalue weighted by Crippen LogP contribution is -2.12. The molecule has 0 aliphatic carbocycles. The molecule has 6 heteroatoms. The van der Waals surface area contributed by atoms with Crippen molar-refractivity contribution in [3.05, 3.63) is 47.4 Å². The summed E-state index contributed by atoms with van der Waals surface area (Å²) in [4.78, 5) is 8.60. The fourth-order valence-corrected chi connectivity index (χ4v) is 2.16. The molecular formula is C16H19N3O2S. The zero-order valence-corrected chi connectivity index (χ0v) is 13.7. The zero-order valence-electron chi connectivity index (χ0n) is 12.9. The number of ether oxygens (including phenoxy) is 2. The van der Waals surface area contributed by atoms with E-state index in [0.29, 0.717) is 35.4 Å². The van der Waals surface area contributed by atoms with Crippen LogP contribution in [0.4, 0.5) is 5.82 Å². The molecule has 0 saturated carbocycles. The maximum absolute atomic E-state index is 5.39. The largest absolute Gasteiger partial charge is 0.497 e. The Bertz CT molecular complexity index is 644. The van der Waals surface area contributed by atoms with E-state index in [1.54, 1.807) is 13.3 Å². The number of hydrogen-bond acceptors (Lipinski definition) is 6. The molecular weight excluding hydrogens is 298 g/mol. The molecule has 1 aromatic heterocycles. The van der Waals surface area contributed by atoms with Gasteiger partial charge in [0.25, 0.3) is 0 Å². The van der Waals surface area contributed by atoms with Gasteiger partial charge in [0.05, 0.1) is 19.3 Å². The minimum absolute atomic E-state index is 0.403. The maximum Gasteiger partial charge on any atom is 0.196 e. The number of methoxy groups -OCH3 is 1. The molecule has 22 heavy (non-hydrogen) atoms. The van der Waals surface area contributed by atoms with E-state index < -0.39 is 0 Å². The van der Waals surface area contributed by atoms with Crippen molar-refractivity contribution in [2.75, 3.05) is 19.0 Å². The van der Waals surface area contributed by atoms with Gasteiger partial charge in [-0.05, 0) is 43.8 Å². The molecule has 0 aliphatic rings. The molecule has 116 valence electrons. The van der Waals surface area contributed by atoms with Crippen molar-refractivity contribution in [3.63, 3.8) is 0 Å². The van der Waals surface area contributed by atoms with Crippen LogP contribution in [0.1, 0.15) is 23.9 Å². The average molecular weight is 317 g/mol. The lowest BCUT2D eigenvalue weighted by molar-refractivity contribution is 0.337. The normalized spacial score (nSPS) is 10.1. The van der Waals surface area contributed by atoms with Crippen molar-refractivity contribution in [2.24, 2.45) is 0 Å². The summed E-state index contributed by atoms with van der Waals surface area (Å²) in [6.07, 6.45) is 1.69. The number of nitrogens with one attached hydrogen (secondary N) is 1. The molecule has 0 atom stereocenters. The predicted molar refractivity (Wildman–Crippen MR) is 90.4 cm³/mol. The number of thiocarbonyl (C=S) groups is 1. The molecule has 5 nitrogen and oxygen atoms in total. The second-order valence-electron chi connectivity index (χ2n) is 4.60. The van der Waals surface area contributed by atoms with Crippen LogP contribution in [0.5, 0.6) is 5.75 Å². The standard InChI is InChI=1S/C16H19N3O2S/c1-4-21-16(22)14-10-17-11(2)19-15(14)18-9-12-5-7-13(20-3)8-6-12/h5-8,10H,4,9H2,1-3H3,(H,17,18,19). The Morgan fingerprint density at radius 3 is 2.64 bits per heavy atom. The van der Waals surface area contributed by atoms with E-state index in [-0.39, 0.29) is 0 Å². The van der Waals surface area contributed by atoms with Crippen LogP contribution in [0.15, 0.2) is 30.5 Å². The van der Waals surface area contributed by atoms with Crippen molar-refractivity contribution in [1.29, 1.82) is 0 Å². The van der Waals surface area contributed by atoms with Crippen LogP contribution >= 0.6 is 12.2 Å². The van der Waals surface area contributed by atoms with Crippen molar-refractivity contribution in [1.82, 2.24) is 9.97 Å². The summed E-state index contributed by atoms with van der Waals surface area (Å²) < 4.78 is 10.5. The highest BCUT2D eigenvalue weighted by molar-refractivity contribution is 7.80. The Hall–Kier alpha value is -2.21. The van der Waals surface area contributed by atoms with E-state index in [4.69, 9.17) is 21.7 Å². The summed E-state index contributed by atoms with van der Waals surface area (Å²) in [6, 6.07) is 7.85. The molecule has 2 aromatic rings. The number of aryl methyl sites for hydroxylation is 1. The monoisotopic (exact) mass is 317 g/mol. The molecule has 2 rings (SSSR count). The first-order valence-electron chi connectivity index (χ1n) is 7.01. The third-order valence-electron chi connectivity index (χ3n) is 3.02. The van der Waals surface area contributed by atoms with E-state index in [0.717, 1.165) is 11.3 Å². The molecule has 1 heterocycles. The van der Waals surface area contributed by atoms with Crippen LogP contribution in [-0.2, 0) is 11.3 Å². The van der Waals surface area contributed by atoms with Gasteiger partial charge in [-0.3, -0.25) is 0 Å². The fourth-order valence-electron chi connectivity index (χ4n) is 1.89. The van der Waals surface area contributed by atoms with Gasteiger partial charge < -0.3 is 14.8 Å². The highest BCUT2D eigenvalue weighted by atomic mass is 32.1. The van der Waals surface area contributed by atoms with E-state index in [9.17, 15) is 0 Å². The Morgan fingerprint density at radius 1 is 1.27 bits per heavy atom. The van der Waals surface area contributed by atoms with Gasteiger partial charge in [-0.1, -0.05) is 12.1 Å². The molecule has 1 N–H and O–H groups in total. The molecule has 0 unspecified atom stereocenters. The van der Waals surface area contributed by atoms with Gasteiger partial charge in [0.1, 0.15) is 17.4 Å². The number of benzene rings is 1. The van der Waals surface area contributed by atoms with Crippen LogP contribution < -0.4 is 10.1 Å². The quantitative estimate of drug-likeness (QED) is 0.826. The molecule has 0 fully saturated rings. The lowest BCUT2D eigenvalue weighted by atomic mass is 10.2.